The van der Waals surface area contributed by atoms with Crippen LogP contribution in [0.5, 0.6) is 0 Å². The third-order valence-electron chi connectivity index (χ3n) is 3.26. The number of halogens is 2. The summed E-state index contributed by atoms with van der Waals surface area (Å²) >= 11 is 0. The van der Waals surface area contributed by atoms with Gasteiger partial charge in [-0.1, -0.05) is 0 Å². The van der Waals surface area contributed by atoms with Crippen LogP contribution in [0.4, 0.5) is 8.78 Å². The van der Waals surface area contributed by atoms with Gasteiger partial charge in [-0.3, -0.25) is 4.79 Å². The number of carbonyl (C=O) groups is 1. The number of rotatable bonds is 3. The van der Waals surface area contributed by atoms with E-state index in [0.29, 0.717) is 12.8 Å². The highest BCUT2D eigenvalue weighted by Crippen LogP contribution is 2.36. The van der Waals surface area contributed by atoms with Crippen LogP contribution in [0.25, 0.3) is 0 Å². The van der Waals surface area contributed by atoms with E-state index in [1.165, 1.54) is 0 Å². The molecule has 0 saturated heterocycles. The Balaban J connectivity index is 2.16. The monoisotopic (exact) mass is 272 g/mol. The molecule has 1 aliphatic rings. The fraction of sp³-hybridized carbons (Fsp3) is 0.583. The SMILES string of the molecule is O=C(O)c1ccc(=O)n(CC2CCCC(F)(F)C2)n1. The van der Waals surface area contributed by atoms with Crippen LogP contribution < -0.4 is 5.56 Å². The van der Waals surface area contributed by atoms with Crippen molar-refractivity contribution >= 4 is 5.97 Å². The summed E-state index contributed by atoms with van der Waals surface area (Å²) in [6.07, 6.45) is 0.603. The summed E-state index contributed by atoms with van der Waals surface area (Å²) in [5.41, 5.74) is -0.735. The molecule has 1 heterocycles. The molecule has 104 valence electrons. The van der Waals surface area contributed by atoms with E-state index in [9.17, 15) is 18.4 Å². The Morgan fingerprint density at radius 3 is 2.89 bits per heavy atom. The second-order valence-corrected chi connectivity index (χ2v) is 4.86. The summed E-state index contributed by atoms with van der Waals surface area (Å²) in [6.45, 7) is 0.0372. The quantitative estimate of drug-likeness (QED) is 0.910. The summed E-state index contributed by atoms with van der Waals surface area (Å²) in [4.78, 5) is 22.3. The van der Waals surface area contributed by atoms with Crippen LogP contribution in [0.2, 0.25) is 0 Å². The summed E-state index contributed by atoms with van der Waals surface area (Å²) in [6, 6.07) is 2.20. The molecule has 0 aliphatic heterocycles. The fourth-order valence-electron chi connectivity index (χ4n) is 2.37. The van der Waals surface area contributed by atoms with E-state index < -0.39 is 17.5 Å². The van der Waals surface area contributed by atoms with E-state index in [0.717, 1.165) is 16.8 Å². The van der Waals surface area contributed by atoms with Crippen LogP contribution in [0.1, 0.15) is 36.2 Å². The molecule has 2 rings (SSSR count). The van der Waals surface area contributed by atoms with Crippen molar-refractivity contribution in [1.82, 2.24) is 9.78 Å². The second kappa shape index (κ2) is 5.07. The molecule has 7 heteroatoms. The Kier molecular flexibility index (Phi) is 3.64. The number of aromatic nitrogens is 2. The molecular weight excluding hydrogens is 258 g/mol. The average molecular weight is 272 g/mol. The maximum atomic E-state index is 13.3. The molecule has 1 aliphatic carbocycles. The van der Waals surface area contributed by atoms with Crippen LogP contribution >= 0.6 is 0 Å². The molecular formula is C12H14F2N2O3. The molecule has 1 fully saturated rings. The highest BCUT2D eigenvalue weighted by molar-refractivity contribution is 5.84. The number of aromatic carboxylic acids is 1. The lowest BCUT2D eigenvalue weighted by Gasteiger charge is -2.28. The molecule has 0 bridgehead atoms. The molecule has 0 radical (unpaired) electrons. The number of hydrogen-bond acceptors (Lipinski definition) is 3. The second-order valence-electron chi connectivity index (χ2n) is 4.86. The first-order chi connectivity index (χ1) is 8.87. The number of alkyl halides is 2. The lowest BCUT2D eigenvalue weighted by atomic mass is 9.86. The van der Waals surface area contributed by atoms with Gasteiger partial charge in [0.15, 0.2) is 5.69 Å². The number of nitrogens with zero attached hydrogens (tertiary/aromatic N) is 2. The maximum absolute atomic E-state index is 13.3. The Morgan fingerprint density at radius 1 is 1.53 bits per heavy atom. The van der Waals surface area contributed by atoms with Gasteiger partial charge in [0, 0.05) is 25.5 Å². The summed E-state index contributed by atoms with van der Waals surface area (Å²) in [5, 5.41) is 12.5. The van der Waals surface area contributed by atoms with Crippen molar-refractivity contribution in [3.63, 3.8) is 0 Å². The minimum absolute atomic E-state index is 0.0372. The van der Waals surface area contributed by atoms with Crippen molar-refractivity contribution in [2.75, 3.05) is 0 Å². The minimum atomic E-state index is -2.70. The smallest absolute Gasteiger partial charge is 0.356 e. The summed E-state index contributed by atoms with van der Waals surface area (Å²) in [5.74, 6) is -4.29. The van der Waals surface area contributed by atoms with E-state index in [1.54, 1.807) is 0 Å². The molecule has 0 amide bonds. The van der Waals surface area contributed by atoms with Crippen LogP contribution in [0, 0.1) is 5.92 Å². The van der Waals surface area contributed by atoms with Crippen molar-refractivity contribution in [3.8, 4) is 0 Å². The largest absolute Gasteiger partial charge is 0.476 e. The third-order valence-corrected chi connectivity index (χ3v) is 3.26. The van der Waals surface area contributed by atoms with E-state index in [4.69, 9.17) is 5.11 Å². The Morgan fingerprint density at radius 2 is 2.26 bits per heavy atom. The van der Waals surface area contributed by atoms with E-state index in [2.05, 4.69) is 5.10 Å². The Hall–Kier alpha value is -1.79. The topological polar surface area (TPSA) is 72.2 Å². The standard InChI is InChI=1S/C12H14F2N2O3/c13-12(14)5-1-2-8(6-12)7-16-10(17)4-3-9(15-16)11(18)19/h3-4,8H,1-2,5-7H2,(H,18,19). The van der Waals surface area contributed by atoms with Gasteiger partial charge in [-0.25, -0.2) is 18.3 Å². The van der Waals surface area contributed by atoms with Gasteiger partial charge in [-0.05, 0) is 24.8 Å². The van der Waals surface area contributed by atoms with Crippen molar-refractivity contribution in [2.45, 2.75) is 38.2 Å². The molecule has 1 unspecified atom stereocenters. The first kappa shape index (κ1) is 13.6. The first-order valence-electron chi connectivity index (χ1n) is 6.07. The van der Waals surface area contributed by atoms with E-state index >= 15 is 0 Å². The summed E-state index contributed by atoms with van der Waals surface area (Å²) < 4.78 is 27.5. The third kappa shape index (κ3) is 3.36. The van der Waals surface area contributed by atoms with E-state index in [-0.39, 0.29) is 31.0 Å². The van der Waals surface area contributed by atoms with Crippen LogP contribution in [0.15, 0.2) is 16.9 Å². The zero-order valence-electron chi connectivity index (χ0n) is 10.2. The van der Waals surface area contributed by atoms with Gasteiger partial charge in [0.25, 0.3) is 5.56 Å². The van der Waals surface area contributed by atoms with Crippen molar-refractivity contribution in [2.24, 2.45) is 5.92 Å². The predicted molar refractivity (Wildman–Crippen MR) is 62.4 cm³/mol. The lowest BCUT2D eigenvalue weighted by Crippen LogP contribution is -2.33. The van der Waals surface area contributed by atoms with Gasteiger partial charge in [0.05, 0.1) is 0 Å². The molecule has 0 aromatic carbocycles. The Labute approximate surface area is 107 Å². The van der Waals surface area contributed by atoms with Gasteiger partial charge in [-0.2, -0.15) is 5.10 Å². The van der Waals surface area contributed by atoms with Gasteiger partial charge in [0.2, 0.25) is 5.92 Å². The average Bonchev–Trinajstić information content (AvgIpc) is 2.30. The minimum Gasteiger partial charge on any atom is -0.476 e. The van der Waals surface area contributed by atoms with Crippen LogP contribution in [0.3, 0.4) is 0 Å². The van der Waals surface area contributed by atoms with Crippen molar-refractivity contribution < 1.29 is 18.7 Å². The number of carboxylic acid groups (broad SMARTS) is 1. The molecule has 0 spiro atoms. The highest BCUT2D eigenvalue weighted by atomic mass is 19.3. The number of carboxylic acids is 1. The van der Waals surface area contributed by atoms with E-state index in [1.807, 2.05) is 0 Å². The van der Waals surface area contributed by atoms with Gasteiger partial charge in [-0.15, -0.1) is 0 Å². The zero-order valence-corrected chi connectivity index (χ0v) is 10.2. The zero-order chi connectivity index (χ0) is 14.0. The Bertz CT molecular complexity index is 542. The first-order valence-corrected chi connectivity index (χ1v) is 6.07. The van der Waals surface area contributed by atoms with Gasteiger partial charge >= 0.3 is 5.97 Å². The molecule has 1 atom stereocenters. The lowest BCUT2D eigenvalue weighted by molar-refractivity contribution is -0.0554. The molecule has 1 saturated carbocycles. The molecule has 19 heavy (non-hydrogen) atoms. The van der Waals surface area contributed by atoms with Crippen molar-refractivity contribution in [3.05, 3.63) is 28.2 Å². The predicted octanol–water partition coefficient (Wildman–Crippen LogP) is 1.77. The van der Waals surface area contributed by atoms with Gasteiger partial charge in [0.1, 0.15) is 0 Å². The van der Waals surface area contributed by atoms with Gasteiger partial charge < -0.3 is 5.11 Å². The summed E-state index contributed by atoms with van der Waals surface area (Å²) in [7, 11) is 0. The maximum Gasteiger partial charge on any atom is 0.356 e. The fourth-order valence-corrected chi connectivity index (χ4v) is 2.37. The van der Waals surface area contributed by atoms with Crippen LogP contribution in [-0.4, -0.2) is 26.8 Å². The van der Waals surface area contributed by atoms with Crippen molar-refractivity contribution in [1.29, 1.82) is 0 Å². The highest BCUT2D eigenvalue weighted by Gasteiger charge is 2.36. The molecule has 1 aromatic rings. The molecule has 1 aromatic heterocycles. The number of hydrogen-bond donors (Lipinski definition) is 1. The normalized spacial score (nSPS) is 22.1. The van der Waals surface area contributed by atoms with Crippen LogP contribution in [-0.2, 0) is 6.54 Å². The molecule has 1 N–H and O–H groups in total. The molecule has 5 nitrogen and oxygen atoms in total.